The van der Waals surface area contributed by atoms with Crippen LogP contribution in [0.1, 0.15) is 5.56 Å². The lowest BCUT2D eigenvalue weighted by molar-refractivity contribution is -0.143. The molecule has 1 aromatic rings. The van der Waals surface area contributed by atoms with Crippen molar-refractivity contribution in [3.63, 3.8) is 0 Å². The fourth-order valence-electron chi connectivity index (χ4n) is 1.30. The Hall–Kier alpha value is -1.62. The van der Waals surface area contributed by atoms with Gasteiger partial charge in [0.05, 0.1) is 7.11 Å². The molecule has 0 spiro atoms. The van der Waals surface area contributed by atoms with Crippen molar-refractivity contribution in [3.05, 3.63) is 29.6 Å². The summed E-state index contributed by atoms with van der Waals surface area (Å²) >= 11 is 0. The van der Waals surface area contributed by atoms with Crippen LogP contribution < -0.4 is 10.1 Å². The first-order valence-corrected chi connectivity index (χ1v) is 5.22. The summed E-state index contributed by atoms with van der Waals surface area (Å²) in [5.41, 5.74) is 0.501. The lowest BCUT2D eigenvalue weighted by atomic mass is 10.2. The Bertz CT molecular complexity index is 395. The molecule has 0 aliphatic heterocycles. The number of halogens is 1. The molecule has 94 valence electrons. The van der Waals surface area contributed by atoms with Gasteiger partial charge in [-0.15, -0.1) is 0 Å². The van der Waals surface area contributed by atoms with Crippen molar-refractivity contribution in [2.45, 2.75) is 13.0 Å². The van der Waals surface area contributed by atoms with Crippen LogP contribution in [0.2, 0.25) is 0 Å². The molecule has 0 aromatic heterocycles. The minimum Gasteiger partial charge on any atom is -0.491 e. The van der Waals surface area contributed by atoms with Crippen LogP contribution >= 0.6 is 0 Å². The molecule has 1 rings (SSSR count). The van der Waals surface area contributed by atoms with Crippen LogP contribution in [-0.4, -0.2) is 32.8 Å². The van der Waals surface area contributed by atoms with Crippen LogP contribution in [0.4, 0.5) is 4.39 Å². The van der Waals surface area contributed by atoms with Crippen LogP contribution in [0.3, 0.4) is 0 Å². The van der Waals surface area contributed by atoms with Crippen LogP contribution in [0.25, 0.3) is 0 Å². The second kappa shape index (κ2) is 6.20. The summed E-state index contributed by atoms with van der Waals surface area (Å²) in [6, 6.07) is 3.90. The lowest BCUT2D eigenvalue weighted by Crippen LogP contribution is -2.40. The van der Waals surface area contributed by atoms with Gasteiger partial charge in [0.1, 0.15) is 24.2 Å². The first-order valence-electron chi connectivity index (χ1n) is 5.22. The Kier molecular flexibility index (Phi) is 4.90. The first kappa shape index (κ1) is 13.4. The second-order valence-corrected chi connectivity index (χ2v) is 3.59. The number of carbonyl (C=O) groups is 1. The average Bonchev–Trinajstić information content (AvgIpc) is 2.33. The van der Waals surface area contributed by atoms with E-state index in [0.717, 1.165) is 0 Å². The van der Waals surface area contributed by atoms with Crippen molar-refractivity contribution in [1.82, 2.24) is 5.32 Å². The second-order valence-electron chi connectivity index (χ2n) is 3.59. The number of methoxy groups -OCH3 is 1. The third-order valence-corrected chi connectivity index (χ3v) is 2.38. The molecule has 1 aromatic carbocycles. The van der Waals surface area contributed by atoms with Gasteiger partial charge < -0.3 is 14.8 Å². The van der Waals surface area contributed by atoms with Gasteiger partial charge >= 0.3 is 5.97 Å². The molecule has 1 atom stereocenters. The van der Waals surface area contributed by atoms with Crippen molar-refractivity contribution < 1.29 is 18.7 Å². The van der Waals surface area contributed by atoms with Crippen LogP contribution in [0.5, 0.6) is 5.75 Å². The maximum atomic E-state index is 13.0. The Balaban J connectivity index is 2.59. The molecular weight excluding hydrogens is 225 g/mol. The van der Waals surface area contributed by atoms with Gasteiger partial charge in [0, 0.05) is 0 Å². The number of esters is 1. The van der Waals surface area contributed by atoms with E-state index in [0.29, 0.717) is 11.3 Å². The lowest BCUT2D eigenvalue weighted by Gasteiger charge is -2.14. The van der Waals surface area contributed by atoms with E-state index in [4.69, 9.17) is 4.74 Å². The molecule has 1 unspecified atom stereocenters. The van der Waals surface area contributed by atoms with E-state index < -0.39 is 12.0 Å². The molecule has 0 saturated heterocycles. The molecule has 0 heterocycles. The quantitative estimate of drug-likeness (QED) is 0.789. The molecule has 4 nitrogen and oxygen atoms in total. The molecule has 17 heavy (non-hydrogen) atoms. The molecule has 0 fully saturated rings. The zero-order valence-electron chi connectivity index (χ0n) is 10.1. The number of nitrogens with one attached hydrogen (secondary N) is 1. The summed E-state index contributed by atoms with van der Waals surface area (Å²) in [5.74, 6) is -0.158. The zero-order valence-corrected chi connectivity index (χ0v) is 10.1. The Morgan fingerprint density at radius 3 is 2.76 bits per heavy atom. The smallest absolute Gasteiger partial charge is 0.326 e. The predicted octanol–water partition coefficient (Wildman–Crippen LogP) is 1.27. The fourth-order valence-corrected chi connectivity index (χ4v) is 1.30. The molecular formula is C12H16FNO3. The van der Waals surface area contributed by atoms with E-state index in [-0.39, 0.29) is 12.4 Å². The maximum Gasteiger partial charge on any atom is 0.326 e. The molecule has 0 aliphatic rings. The van der Waals surface area contributed by atoms with Gasteiger partial charge in [-0.3, -0.25) is 4.79 Å². The molecule has 0 amide bonds. The summed E-state index contributed by atoms with van der Waals surface area (Å²) in [6.45, 7) is 1.78. The van der Waals surface area contributed by atoms with Crippen molar-refractivity contribution >= 4 is 5.97 Å². The number of hydrogen-bond acceptors (Lipinski definition) is 4. The van der Waals surface area contributed by atoms with E-state index in [1.165, 1.54) is 19.2 Å². The van der Waals surface area contributed by atoms with E-state index in [1.54, 1.807) is 20.0 Å². The highest BCUT2D eigenvalue weighted by atomic mass is 19.1. The summed E-state index contributed by atoms with van der Waals surface area (Å²) in [5, 5.41) is 2.78. The highest BCUT2D eigenvalue weighted by Crippen LogP contribution is 2.16. The van der Waals surface area contributed by atoms with Gasteiger partial charge in [0.2, 0.25) is 0 Å². The Morgan fingerprint density at radius 1 is 1.53 bits per heavy atom. The molecule has 0 bridgehead atoms. The average molecular weight is 241 g/mol. The topological polar surface area (TPSA) is 47.6 Å². The van der Waals surface area contributed by atoms with Crippen LogP contribution in [0, 0.1) is 12.7 Å². The maximum absolute atomic E-state index is 13.0. The number of aryl methyl sites for hydroxylation is 1. The number of hydrogen-bond donors (Lipinski definition) is 1. The van der Waals surface area contributed by atoms with Crippen molar-refractivity contribution in [2.24, 2.45) is 0 Å². The SMILES string of the molecule is CNC(COc1ccc(F)c(C)c1)C(=O)OC. The molecule has 0 saturated carbocycles. The van der Waals surface area contributed by atoms with E-state index in [1.807, 2.05) is 0 Å². The van der Waals surface area contributed by atoms with Crippen molar-refractivity contribution in [2.75, 3.05) is 20.8 Å². The monoisotopic (exact) mass is 241 g/mol. The molecule has 1 N–H and O–H groups in total. The molecule has 5 heteroatoms. The van der Waals surface area contributed by atoms with Crippen LogP contribution in [0.15, 0.2) is 18.2 Å². The molecule has 0 radical (unpaired) electrons. The number of ether oxygens (including phenoxy) is 2. The minimum absolute atomic E-state index is 0.133. The van der Waals surface area contributed by atoms with Crippen molar-refractivity contribution in [1.29, 1.82) is 0 Å². The van der Waals surface area contributed by atoms with Gasteiger partial charge in [0.15, 0.2) is 0 Å². The minimum atomic E-state index is -0.537. The van der Waals surface area contributed by atoms with Crippen molar-refractivity contribution in [3.8, 4) is 5.75 Å². The van der Waals surface area contributed by atoms with Gasteiger partial charge in [-0.2, -0.15) is 0 Å². The number of rotatable bonds is 5. The number of benzene rings is 1. The third-order valence-electron chi connectivity index (χ3n) is 2.38. The normalized spacial score (nSPS) is 12.0. The van der Waals surface area contributed by atoms with Gasteiger partial charge in [-0.25, -0.2) is 4.39 Å². The zero-order chi connectivity index (χ0) is 12.8. The largest absolute Gasteiger partial charge is 0.491 e. The summed E-state index contributed by atoms with van der Waals surface area (Å²) in [4.78, 5) is 11.3. The fraction of sp³-hybridized carbons (Fsp3) is 0.417. The first-order chi connectivity index (χ1) is 8.08. The van der Waals surface area contributed by atoms with Gasteiger partial charge in [0.25, 0.3) is 0 Å². The van der Waals surface area contributed by atoms with Crippen LogP contribution in [-0.2, 0) is 9.53 Å². The summed E-state index contributed by atoms with van der Waals surface area (Å²) in [6.07, 6.45) is 0. The number of likely N-dealkylation sites (N-methyl/N-ethyl adjacent to an activating group) is 1. The third kappa shape index (κ3) is 3.71. The Labute approximate surface area is 99.7 Å². The summed E-state index contributed by atoms with van der Waals surface area (Å²) in [7, 11) is 2.95. The Morgan fingerprint density at radius 2 is 2.24 bits per heavy atom. The standard InChI is InChI=1S/C12H16FNO3/c1-8-6-9(4-5-10(8)13)17-7-11(14-2)12(15)16-3/h4-6,11,14H,7H2,1-3H3. The van der Waals surface area contributed by atoms with Gasteiger partial charge in [-0.05, 0) is 37.7 Å². The van der Waals surface area contributed by atoms with E-state index >= 15 is 0 Å². The number of carbonyl (C=O) groups excluding carboxylic acids is 1. The van der Waals surface area contributed by atoms with E-state index in [2.05, 4.69) is 10.1 Å². The van der Waals surface area contributed by atoms with Gasteiger partial charge in [-0.1, -0.05) is 0 Å². The predicted molar refractivity (Wildman–Crippen MR) is 61.5 cm³/mol. The highest BCUT2D eigenvalue weighted by molar-refractivity contribution is 5.75. The van der Waals surface area contributed by atoms with E-state index in [9.17, 15) is 9.18 Å². The molecule has 0 aliphatic carbocycles. The summed E-state index contributed by atoms with van der Waals surface area (Å²) < 4.78 is 23.0. The highest BCUT2D eigenvalue weighted by Gasteiger charge is 2.17.